The molecule has 1 aromatic carbocycles. The van der Waals surface area contributed by atoms with Crippen LogP contribution in [0.1, 0.15) is 38.8 Å². The van der Waals surface area contributed by atoms with Crippen LogP contribution in [0.25, 0.3) is 0 Å². The number of para-hydroxylation sites is 1. The molecular weight excluding hydrogens is 290 g/mol. The first-order valence-corrected chi connectivity index (χ1v) is 7.31. The van der Waals surface area contributed by atoms with E-state index in [1.54, 1.807) is 0 Å². The van der Waals surface area contributed by atoms with Crippen molar-refractivity contribution in [2.45, 2.75) is 40.0 Å². The maximum absolute atomic E-state index is 12.3. The van der Waals surface area contributed by atoms with Crippen LogP contribution in [-0.4, -0.2) is 24.5 Å². The fourth-order valence-corrected chi connectivity index (χ4v) is 2.37. The first-order valence-electron chi connectivity index (χ1n) is 6.78. The summed E-state index contributed by atoms with van der Waals surface area (Å²) >= 11 is 5.97. The standard InChI is InChI=1S/C16H22ClNO3/c1-11-7-6-8-13(16(3,4)5)15(11)18(10-17)14(20)9-21-12(2)19/h6-8H,9-10H2,1-5H3. The highest BCUT2D eigenvalue weighted by atomic mass is 35.5. The number of amides is 1. The zero-order valence-electron chi connectivity index (χ0n) is 13.2. The molecule has 116 valence electrons. The predicted octanol–water partition coefficient (Wildman–Crippen LogP) is 3.38. The number of aryl methyl sites for hydroxylation is 1. The number of hydrogen-bond acceptors (Lipinski definition) is 3. The normalized spacial score (nSPS) is 11.1. The number of carbonyl (C=O) groups excluding carboxylic acids is 2. The van der Waals surface area contributed by atoms with E-state index in [2.05, 4.69) is 20.8 Å². The van der Waals surface area contributed by atoms with Gasteiger partial charge in [-0.15, -0.1) is 11.6 Å². The molecule has 0 heterocycles. The largest absolute Gasteiger partial charge is 0.456 e. The fraction of sp³-hybridized carbons (Fsp3) is 0.500. The molecule has 0 aliphatic carbocycles. The number of ether oxygens (including phenoxy) is 1. The molecule has 1 rings (SSSR count). The molecule has 21 heavy (non-hydrogen) atoms. The van der Waals surface area contributed by atoms with Crippen LogP contribution in [0.15, 0.2) is 18.2 Å². The minimum atomic E-state index is -0.487. The molecule has 4 nitrogen and oxygen atoms in total. The lowest BCUT2D eigenvalue weighted by atomic mass is 9.84. The van der Waals surface area contributed by atoms with Gasteiger partial charge in [0, 0.05) is 6.92 Å². The van der Waals surface area contributed by atoms with Gasteiger partial charge in [-0.1, -0.05) is 39.0 Å². The van der Waals surface area contributed by atoms with Crippen LogP contribution >= 0.6 is 11.6 Å². The van der Waals surface area contributed by atoms with Crippen molar-refractivity contribution in [2.75, 3.05) is 17.5 Å². The monoisotopic (exact) mass is 311 g/mol. The number of alkyl halides is 1. The van der Waals surface area contributed by atoms with Gasteiger partial charge >= 0.3 is 5.97 Å². The maximum atomic E-state index is 12.3. The average Bonchev–Trinajstić information content (AvgIpc) is 2.37. The van der Waals surface area contributed by atoms with Crippen LogP contribution in [0, 0.1) is 6.92 Å². The molecule has 0 aliphatic rings. The SMILES string of the molecule is CC(=O)OCC(=O)N(CCl)c1c(C)cccc1C(C)(C)C. The van der Waals surface area contributed by atoms with E-state index in [0.717, 1.165) is 16.8 Å². The predicted molar refractivity (Wildman–Crippen MR) is 84.7 cm³/mol. The Morgan fingerprint density at radius 1 is 1.29 bits per heavy atom. The number of rotatable bonds is 4. The van der Waals surface area contributed by atoms with Crippen molar-refractivity contribution in [3.8, 4) is 0 Å². The number of halogens is 1. The number of carbonyl (C=O) groups is 2. The molecule has 1 aromatic rings. The van der Waals surface area contributed by atoms with Gasteiger partial charge in [0.2, 0.25) is 0 Å². The van der Waals surface area contributed by atoms with Gasteiger partial charge in [-0.2, -0.15) is 0 Å². The Morgan fingerprint density at radius 2 is 1.90 bits per heavy atom. The molecule has 0 bridgehead atoms. The zero-order chi connectivity index (χ0) is 16.2. The second kappa shape index (κ2) is 6.94. The lowest BCUT2D eigenvalue weighted by Crippen LogP contribution is -2.36. The Hall–Kier alpha value is -1.55. The summed E-state index contributed by atoms with van der Waals surface area (Å²) < 4.78 is 4.78. The van der Waals surface area contributed by atoms with Crippen LogP contribution in [0.5, 0.6) is 0 Å². The van der Waals surface area contributed by atoms with Gasteiger partial charge in [0.25, 0.3) is 5.91 Å². The molecule has 0 N–H and O–H groups in total. The summed E-state index contributed by atoms with van der Waals surface area (Å²) in [5.41, 5.74) is 2.64. The minimum absolute atomic E-state index is 0.00797. The van der Waals surface area contributed by atoms with Gasteiger partial charge in [-0.25, -0.2) is 0 Å². The van der Waals surface area contributed by atoms with Gasteiger partial charge in [-0.3, -0.25) is 14.5 Å². The summed E-state index contributed by atoms with van der Waals surface area (Å²) in [6.07, 6.45) is 0. The van der Waals surface area contributed by atoms with Crippen LogP contribution in [0.2, 0.25) is 0 Å². The van der Waals surface area contributed by atoms with Gasteiger partial charge < -0.3 is 4.74 Å². The molecule has 0 atom stereocenters. The third kappa shape index (κ3) is 4.46. The van der Waals surface area contributed by atoms with Crippen molar-refractivity contribution in [3.05, 3.63) is 29.3 Å². The number of anilines is 1. The molecule has 0 aliphatic heterocycles. The molecule has 0 unspecified atom stereocenters. The Balaban J connectivity index is 3.22. The summed E-state index contributed by atoms with van der Waals surface area (Å²) in [6, 6.07) is 5.89. The highest BCUT2D eigenvalue weighted by molar-refractivity contribution is 6.21. The smallest absolute Gasteiger partial charge is 0.303 e. The molecule has 0 fully saturated rings. The summed E-state index contributed by atoms with van der Waals surface area (Å²) in [6.45, 7) is 9.13. The first-order chi connectivity index (χ1) is 9.68. The third-order valence-electron chi connectivity index (χ3n) is 3.14. The van der Waals surface area contributed by atoms with Crippen LogP contribution < -0.4 is 4.90 Å². The van der Waals surface area contributed by atoms with Gasteiger partial charge in [-0.05, 0) is 23.5 Å². The number of esters is 1. The lowest BCUT2D eigenvalue weighted by molar-refractivity contribution is -0.145. The molecule has 1 amide bonds. The van der Waals surface area contributed by atoms with E-state index >= 15 is 0 Å². The molecule has 0 aromatic heterocycles. The average molecular weight is 312 g/mol. The van der Waals surface area contributed by atoms with Crippen LogP contribution in [0.4, 0.5) is 5.69 Å². The van der Waals surface area contributed by atoms with E-state index in [9.17, 15) is 9.59 Å². The highest BCUT2D eigenvalue weighted by Gasteiger charge is 2.26. The van der Waals surface area contributed by atoms with Gasteiger partial charge in [0.15, 0.2) is 6.61 Å². The summed E-state index contributed by atoms with van der Waals surface area (Å²) in [4.78, 5) is 24.6. The third-order valence-corrected chi connectivity index (χ3v) is 3.37. The first kappa shape index (κ1) is 17.5. The van der Waals surface area contributed by atoms with Crippen molar-refractivity contribution in [1.82, 2.24) is 0 Å². The van der Waals surface area contributed by atoms with E-state index < -0.39 is 5.97 Å². The van der Waals surface area contributed by atoms with Crippen molar-refractivity contribution in [3.63, 3.8) is 0 Å². The Bertz CT molecular complexity index is 535. The van der Waals surface area contributed by atoms with E-state index in [1.165, 1.54) is 11.8 Å². The summed E-state index contributed by atoms with van der Waals surface area (Å²) in [7, 11) is 0. The Labute approximate surface area is 131 Å². The fourth-order valence-electron chi connectivity index (χ4n) is 2.11. The van der Waals surface area contributed by atoms with Crippen LogP contribution in [-0.2, 0) is 19.7 Å². The van der Waals surface area contributed by atoms with Crippen molar-refractivity contribution < 1.29 is 14.3 Å². The maximum Gasteiger partial charge on any atom is 0.303 e. The number of hydrogen-bond donors (Lipinski definition) is 0. The number of benzene rings is 1. The second-order valence-corrected chi connectivity index (χ2v) is 6.18. The summed E-state index contributed by atoms with van der Waals surface area (Å²) in [5, 5.41) is 0. The molecular formula is C16H22ClNO3. The zero-order valence-corrected chi connectivity index (χ0v) is 14.0. The number of nitrogens with zero attached hydrogens (tertiary/aromatic N) is 1. The van der Waals surface area contributed by atoms with Crippen molar-refractivity contribution in [2.24, 2.45) is 0 Å². The minimum Gasteiger partial charge on any atom is -0.456 e. The second-order valence-electron chi connectivity index (χ2n) is 5.94. The molecule has 0 radical (unpaired) electrons. The lowest BCUT2D eigenvalue weighted by Gasteiger charge is -2.30. The quantitative estimate of drug-likeness (QED) is 0.486. The molecule has 0 saturated heterocycles. The highest BCUT2D eigenvalue weighted by Crippen LogP contribution is 2.34. The Morgan fingerprint density at radius 3 is 2.38 bits per heavy atom. The van der Waals surface area contributed by atoms with Gasteiger partial charge in [0.05, 0.1) is 5.69 Å². The topological polar surface area (TPSA) is 46.6 Å². The molecule has 5 heteroatoms. The molecule has 0 spiro atoms. The van der Waals surface area contributed by atoms with E-state index in [4.69, 9.17) is 16.3 Å². The van der Waals surface area contributed by atoms with Crippen molar-refractivity contribution >= 4 is 29.2 Å². The van der Waals surface area contributed by atoms with Crippen molar-refractivity contribution in [1.29, 1.82) is 0 Å². The summed E-state index contributed by atoms with van der Waals surface area (Å²) in [5.74, 6) is -0.821. The van der Waals surface area contributed by atoms with E-state index in [-0.39, 0.29) is 23.9 Å². The molecule has 0 saturated carbocycles. The Kier molecular flexibility index (Phi) is 5.78. The van der Waals surface area contributed by atoms with E-state index in [1.807, 2.05) is 25.1 Å². The van der Waals surface area contributed by atoms with E-state index in [0.29, 0.717) is 0 Å². The van der Waals surface area contributed by atoms with Gasteiger partial charge in [0.1, 0.15) is 6.00 Å². The van der Waals surface area contributed by atoms with Crippen LogP contribution in [0.3, 0.4) is 0 Å².